The summed E-state index contributed by atoms with van der Waals surface area (Å²) in [4.78, 5) is 12.2. The normalized spacial score (nSPS) is 13.2. The molecule has 114 valence electrons. The minimum Gasteiger partial charge on any atom is -0.315 e. The van der Waals surface area contributed by atoms with E-state index in [1.807, 2.05) is 6.07 Å². The molecule has 1 aromatic carbocycles. The molecule has 0 aliphatic carbocycles. The van der Waals surface area contributed by atoms with E-state index in [1.165, 1.54) is 17.4 Å². The molecule has 0 saturated heterocycles. The van der Waals surface area contributed by atoms with Crippen LogP contribution in [0.15, 0.2) is 35.7 Å². The largest absolute Gasteiger partial charge is 0.315 e. The quantitative estimate of drug-likeness (QED) is 0.888. The molecule has 2 atom stereocenters. The molecule has 6 heteroatoms. The van der Waals surface area contributed by atoms with Crippen molar-refractivity contribution in [3.05, 3.63) is 52.7 Å². The van der Waals surface area contributed by atoms with Crippen molar-refractivity contribution in [2.24, 2.45) is 0 Å². The van der Waals surface area contributed by atoms with Crippen molar-refractivity contribution < 1.29 is 9.18 Å². The van der Waals surface area contributed by atoms with Gasteiger partial charge in [0.1, 0.15) is 16.9 Å². The fourth-order valence-electron chi connectivity index (χ4n) is 2.08. The van der Waals surface area contributed by atoms with Gasteiger partial charge >= 0.3 is 0 Å². The van der Waals surface area contributed by atoms with E-state index < -0.39 is 6.04 Å². The first-order chi connectivity index (χ1) is 10.5. The molecular weight excluding hydrogens is 301 g/mol. The lowest BCUT2D eigenvalue weighted by Gasteiger charge is -2.20. The molecule has 0 aliphatic heterocycles. The highest BCUT2D eigenvalue weighted by Crippen LogP contribution is 2.22. The third kappa shape index (κ3) is 3.70. The van der Waals surface area contributed by atoms with Gasteiger partial charge in [-0.25, -0.2) is 4.39 Å². The van der Waals surface area contributed by atoms with Gasteiger partial charge in [0, 0.05) is 11.6 Å². The number of thiophene rings is 1. The molecule has 2 aromatic rings. The first-order valence-corrected chi connectivity index (χ1v) is 7.69. The lowest BCUT2D eigenvalue weighted by atomic mass is 10.1. The van der Waals surface area contributed by atoms with Crippen LogP contribution in [0.25, 0.3) is 0 Å². The third-order valence-corrected chi connectivity index (χ3v) is 4.12. The Balaban J connectivity index is 2.00. The van der Waals surface area contributed by atoms with Gasteiger partial charge in [0.15, 0.2) is 0 Å². The smallest absolute Gasteiger partial charge is 0.241 e. The summed E-state index contributed by atoms with van der Waals surface area (Å²) in [5, 5.41) is 17.0. The van der Waals surface area contributed by atoms with Crippen LogP contribution in [0, 0.1) is 17.1 Å². The summed E-state index contributed by atoms with van der Waals surface area (Å²) in [6.45, 7) is 3.50. The summed E-state index contributed by atoms with van der Waals surface area (Å²) in [6.07, 6.45) is 0. The monoisotopic (exact) mass is 317 g/mol. The van der Waals surface area contributed by atoms with Crippen molar-refractivity contribution in [1.82, 2.24) is 5.32 Å². The zero-order chi connectivity index (χ0) is 16.1. The molecule has 2 N–H and O–H groups in total. The van der Waals surface area contributed by atoms with Gasteiger partial charge < -0.3 is 5.32 Å². The summed E-state index contributed by atoms with van der Waals surface area (Å²) in [6, 6.07) is 9.30. The molecule has 0 bridgehead atoms. The van der Waals surface area contributed by atoms with E-state index >= 15 is 0 Å². The van der Waals surface area contributed by atoms with Crippen molar-refractivity contribution in [3.8, 4) is 6.07 Å². The summed E-state index contributed by atoms with van der Waals surface area (Å²) in [5.74, 6) is -0.567. The van der Waals surface area contributed by atoms with E-state index in [0.717, 1.165) is 0 Å². The van der Waals surface area contributed by atoms with Gasteiger partial charge in [-0.1, -0.05) is 18.2 Å². The Morgan fingerprint density at radius 1 is 1.32 bits per heavy atom. The van der Waals surface area contributed by atoms with Crippen LogP contribution in [-0.2, 0) is 4.79 Å². The Kier molecular flexibility index (Phi) is 5.26. The summed E-state index contributed by atoms with van der Waals surface area (Å²) < 4.78 is 13.7. The van der Waals surface area contributed by atoms with Gasteiger partial charge in [0.25, 0.3) is 0 Å². The number of amides is 1. The average molecular weight is 317 g/mol. The fraction of sp³-hybridized carbons (Fsp3) is 0.250. The van der Waals surface area contributed by atoms with Gasteiger partial charge in [-0.05, 0) is 31.4 Å². The predicted octanol–water partition coefficient (Wildman–Crippen LogP) is 3.44. The number of halogens is 1. The van der Waals surface area contributed by atoms with Gasteiger partial charge in [0.05, 0.1) is 11.6 Å². The number of benzene rings is 1. The maximum Gasteiger partial charge on any atom is 0.241 e. The molecule has 0 radical (unpaired) electrons. The standard InChI is InChI=1S/C16H16FN3OS/c1-10(13-5-3-4-6-14(13)17)19-11(2)15(21)20-16-12(9-18)7-8-22-16/h3-8,10-11,19H,1-2H3,(H,20,21)/t10-,11+/m1/s1. The minimum atomic E-state index is -0.525. The number of hydrogen-bond donors (Lipinski definition) is 2. The van der Waals surface area contributed by atoms with Crippen LogP contribution >= 0.6 is 11.3 Å². The maximum atomic E-state index is 13.7. The van der Waals surface area contributed by atoms with E-state index in [4.69, 9.17) is 5.26 Å². The van der Waals surface area contributed by atoms with Gasteiger partial charge in [0.2, 0.25) is 5.91 Å². The zero-order valence-electron chi connectivity index (χ0n) is 12.3. The molecule has 0 aliphatic rings. The number of nitriles is 1. The van der Waals surface area contributed by atoms with Crippen molar-refractivity contribution in [2.75, 3.05) is 5.32 Å². The first-order valence-electron chi connectivity index (χ1n) is 6.82. The van der Waals surface area contributed by atoms with E-state index in [9.17, 15) is 9.18 Å². The topological polar surface area (TPSA) is 64.9 Å². The van der Waals surface area contributed by atoms with E-state index in [2.05, 4.69) is 10.6 Å². The lowest BCUT2D eigenvalue weighted by Crippen LogP contribution is -2.39. The molecule has 0 fully saturated rings. The van der Waals surface area contributed by atoms with Crippen LogP contribution in [0.1, 0.15) is 31.0 Å². The SMILES string of the molecule is C[C@H](N[C@H](C)c1ccccc1F)C(=O)Nc1sccc1C#N. The molecule has 0 unspecified atom stereocenters. The Morgan fingerprint density at radius 2 is 2.05 bits per heavy atom. The molecule has 0 spiro atoms. The van der Waals surface area contributed by atoms with Crippen molar-refractivity contribution in [2.45, 2.75) is 25.9 Å². The average Bonchev–Trinajstić information content (AvgIpc) is 2.94. The van der Waals surface area contributed by atoms with Gasteiger partial charge in [-0.2, -0.15) is 5.26 Å². The van der Waals surface area contributed by atoms with Crippen molar-refractivity contribution >= 4 is 22.2 Å². The van der Waals surface area contributed by atoms with Crippen LogP contribution < -0.4 is 10.6 Å². The molecule has 4 nitrogen and oxygen atoms in total. The molecule has 1 heterocycles. The summed E-state index contributed by atoms with van der Waals surface area (Å²) in [5.41, 5.74) is 0.948. The number of nitrogens with one attached hydrogen (secondary N) is 2. The predicted molar refractivity (Wildman–Crippen MR) is 85.1 cm³/mol. The Bertz CT molecular complexity index is 707. The van der Waals surface area contributed by atoms with Crippen LogP contribution in [0.5, 0.6) is 0 Å². The Labute approximate surface area is 132 Å². The second-order valence-electron chi connectivity index (χ2n) is 4.90. The second-order valence-corrected chi connectivity index (χ2v) is 5.81. The van der Waals surface area contributed by atoms with E-state index in [1.54, 1.807) is 43.5 Å². The molecule has 2 rings (SSSR count). The van der Waals surface area contributed by atoms with E-state index in [-0.39, 0.29) is 17.8 Å². The number of anilines is 1. The lowest BCUT2D eigenvalue weighted by molar-refractivity contribution is -0.117. The van der Waals surface area contributed by atoms with Gasteiger partial charge in [-0.15, -0.1) is 11.3 Å². The number of carbonyl (C=O) groups excluding carboxylic acids is 1. The fourth-order valence-corrected chi connectivity index (χ4v) is 2.82. The highest BCUT2D eigenvalue weighted by atomic mass is 32.1. The Hall–Kier alpha value is -2.23. The van der Waals surface area contributed by atoms with Gasteiger partial charge in [-0.3, -0.25) is 10.1 Å². The highest BCUT2D eigenvalue weighted by molar-refractivity contribution is 7.14. The zero-order valence-corrected chi connectivity index (χ0v) is 13.1. The Morgan fingerprint density at radius 3 is 2.73 bits per heavy atom. The molecular formula is C16H16FN3OS. The number of rotatable bonds is 5. The number of carbonyl (C=O) groups is 1. The van der Waals surface area contributed by atoms with Crippen LogP contribution in [0.4, 0.5) is 9.39 Å². The van der Waals surface area contributed by atoms with Crippen LogP contribution in [0.2, 0.25) is 0 Å². The second kappa shape index (κ2) is 7.16. The minimum absolute atomic E-state index is 0.262. The third-order valence-electron chi connectivity index (χ3n) is 3.29. The van der Waals surface area contributed by atoms with Crippen molar-refractivity contribution in [1.29, 1.82) is 5.26 Å². The van der Waals surface area contributed by atoms with Crippen LogP contribution in [0.3, 0.4) is 0 Å². The molecule has 1 aromatic heterocycles. The molecule has 1 amide bonds. The van der Waals surface area contributed by atoms with Crippen LogP contribution in [-0.4, -0.2) is 11.9 Å². The summed E-state index contributed by atoms with van der Waals surface area (Å²) >= 11 is 1.30. The highest BCUT2D eigenvalue weighted by Gasteiger charge is 2.19. The number of nitrogens with zero attached hydrogens (tertiary/aromatic N) is 1. The van der Waals surface area contributed by atoms with Crippen molar-refractivity contribution in [3.63, 3.8) is 0 Å². The number of hydrogen-bond acceptors (Lipinski definition) is 4. The summed E-state index contributed by atoms with van der Waals surface area (Å²) in [7, 11) is 0. The molecule has 0 saturated carbocycles. The van der Waals surface area contributed by atoms with E-state index in [0.29, 0.717) is 16.1 Å². The first kappa shape index (κ1) is 16.1. The maximum absolute atomic E-state index is 13.7. The molecule has 22 heavy (non-hydrogen) atoms.